The first-order valence-electron chi connectivity index (χ1n) is 6.49. The van der Waals surface area contributed by atoms with Gasteiger partial charge in [-0.1, -0.05) is 31.0 Å². The maximum Gasteiger partial charge on any atom is 0.0345 e. The number of benzene rings is 1. The predicted molar refractivity (Wildman–Crippen MR) is 75.7 cm³/mol. The Morgan fingerprint density at radius 1 is 1.35 bits per heavy atom. The van der Waals surface area contributed by atoms with Crippen molar-refractivity contribution in [1.82, 2.24) is 5.32 Å². The molecule has 1 atom stereocenters. The van der Waals surface area contributed by atoms with E-state index < -0.39 is 0 Å². The smallest absolute Gasteiger partial charge is 0.0345 e. The van der Waals surface area contributed by atoms with Gasteiger partial charge in [0.1, 0.15) is 0 Å². The Bertz CT molecular complexity index is 498. The van der Waals surface area contributed by atoms with Crippen molar-refractivity contribution >= 4 is 21.4 Å². The molecule has 1 unspecified atom stereocenters. The number of hydrogen-bond donors (Lipinski definition) is 1. The van der Waals surface area contributed by atoms with Crippen molar-refractivity contribution in [1.29, 1.82) is 0 Å². The highest BCUT2D eigenvalue weighted by Crippen LogP contribution is 2.35. The van der Waals surface area contributed by atoms with E-state index in [9.17, 15) is 0 Å². The summed E-state index contributed by atoms with van der Waals surface area (Å²) < 4.78 is 1.42. The van der Waals surface area contributed by atoms with Crippen LogP contribution in [0.5, 0.6) is 0 Å². The summed E-state index contributed by atoms with van der Waals surface area (Å²) in [6.07, 6.45) is 5.42. The average molecular weight is 245 g/mol. The molecule has 0 saturated heterocycles. The lowest BCUT2D eigenvalue weighted by Crippen LogP contribution is -2.27. The van der Waals surface area contributed by atoms with E-state index in [-0.39, 0.29) is 0 Å². The Kier molecular flexibility index (Phi) is 3.17. The Hall–Kier alpha value is -0.860. The second-order valence-corrected chi connectivity index (χ2v) is 6.04. The molecule has 1 aromatic heterocycles. The van der Waals surface area contributed by atoms with Crippen molar-refractivity contribution in [3.05, 3.63) is 35.2 Å². The normalized spacial score (nSPS) is 17.5. The fourth-order valence-corrected chi connectivity index (χ4v) is 3.49. The molecule has 0 spiro atoms. The quantitative estimate of drug-likeness (QED) is 0.844. The summed E-state index contributed by atoms with van der Waals surface area (Å²) in [5.41, 5.74) is 1.52. The second-order valence-electron chi connectivity index (χ2n) is 5.13. The number of fused-ring (bicyclic) bond motifs is 1. The summed E-state index contributed by atoms with van der Waals surface area (Å²) in [6, 6.07) is 9.40. The summed E-state index contributed by atoms with van der Waals surface area (Å²) in [4.78, 5) is 0. The molecular formula is C15H19NS. The number of thiophene rings is 1. The summed E-state index contributed by atoms with van der Waals surface area (Å²) in [5, 5.41) is 7.27. The topological polar surface area (TPSA) is 12.0 Å². The van der Waals surface area contributed by atoms with Crippen LogP contribution in [0.2, 0.25) is 0 Å². The SMILES string of the molecule is CNC(Cc1csc2ccccc12)CC1CC1. The maximum absolute atomic E-state index is 3.48. The van der Waals surface area contributed by atoms with Crippen molar-refractivity contribution in [2.45, 2.75) is 31.7 Å². The van der Waals surface area contributed by atoms with E-state index in [2.05, 4.69) is 42.0 Å². The van der Waals surface area contributed by atoms with Crippen LogP contribution in [0.1, 0.15) is 24.8 Å². The molecule has 1 aromatic carbocycles. The van der Waals surface area contributed by atoms with Gasteiger partial charge in [0, 0.05) is 10.7 Å². The fraction of sp³-hybridized carbons (Fsp3) is 0.467. The van der Waals surface area contributed by atoms with Crippen LogP contribution in [0.15, 0.2) is 29.6 Å². The highest BCUT2D eigenvalue weighted by Gasteiger charge is 2.25. The van der Waals surface area contributed by atoms with Crippen LogP contribution >= 0.6 is 11.3 Å². The first-order valence-corrected chi connectivity index (χ1v) is 7.37. The van der Waals surface area contributed by atoms with Crippen LogP contribution < -0.4 is 5.32 Å². The number of rotatable bonds is 5. The molecule has 1 aliphatic carbocycles. The molecule has 0 bridgehead atoms. The minimum Gasteiger partial charge on any atom is -0.317 e. The highest BCUT2D eigenvalue weighted by atomic mass is 32.1. The summed E-state index contributed by atoms with van der Waals surface area (Å²) in [5.74, 6) is 0.998. The first kappa shape index (κ1) is 11.2. The number of nitrogens with one attached hydrogen (secondary N) is 1. The minimum absolute atomic E-state index is 0.653. The zero-order valence-electron chi connectivity index (χ0n) is 10.3. The van der Waals surface area contributed by atoms with Crippen molar-refractivity contribution in [2.75, 3.05) is 7.05 Å². The average Bonchev–Trinajstić information content (AvgIpc) is 3.09. The lowest BCUT2D eigenvalue weighted by atomic mass is 10.0. The van der Waals surface area contributed by atoms with Crippen molar-refractivity contribution < 1.29 is 0 Å². The fourth-order valence-electron chi connectivity index (χ4n) is 2.52. The van der Waals surface area contributed by atoms with Crippen LogP contribution in [-0.2, 0) is 6.42 Å². The molecule has 1 fully saturated rings. The van der Waals surface area contributed by atoms with Crippen LogP contribution in [0.25, 0.3) is 10.1 Å². The van der Waals surface area contributed by atoms with E-state index in [0.717, 1.165) is 5.92 Å². The monoisotopic (exact) mass is 245 g/mol. The van der Waals surface area contributed by atoms with Crippen LogP contribution in [0, 0.1) is 5.92 Å². The van der Waals surface area contributed by atoms with Crippen molar-refractivity contribution in [3.63, 3.8) is 0 Å². The van der Waals surface area contributed by atoms with Crippen LogP contribution in [0.4, 0.5) is 0 Å². The molecule has 0 radical (unpaired) electrons. The standard InChI is InChI=1S/C15H19NS/c1-16-13(8-11-6-7-11)9-12-10-17-15-5-3-2-4-14(12)15/h2-5,10-11,13,16H,6-9H2,1H3. The van der Waals surface area contributed by atoms with Gasteiger partial charge >= 0.3 is 0 Å². The summed E-state index contributed by atoms with van der Waals surface area (Å²) >= 11 is 1.87. The molecule has 1 saturated carbocycles. The zero-order valence-corrected chi connectivity index (χ0v) is 11.1. The maximum atomic E-state index is 3.48. The van der Waals surface area contributed by atoms with E-state index in [1.165, 1.54) is 41.3 Å². The van der Waals surface area contributed by atoms with Gasteiger partial charge in [-0.2, -0.15) is 0 Å². The van der Waals surface area contributed by atoms with Gasteiger partial charge in [0.05, 0.1) is 0 Å². The minimum atomic E-state index is 0.653. The molecule has 1 nitrogen and oxygen atoms in total. The third-order valence-electron chi connectivity index (χ3n) is 3.75. The Balaban J connectivity index is 1.78. The largest absolute Gasteiger partial charge is 0.317 e. The van der Waals surface area contributed by atoms with Crippen LogP contribution in [-0.4, -0.2) is 13.1 Å². The van der Waals surface area contributed by atoms with Gasteiger partial charge in [0.25, 0.3) is 0 Å². The Morgan fingerprint density at radius 3 is 2.94 bits per heavy atom. The van der Waals surface area contributed by atoms with E-state index in [1.54, 1.807) is 0 Å². The molecule has 1 aliphatic rings. The van der Waals surface area contributed by atoms with E-state index in [0.29, 0.717) is 6.04 Å². The molecule has 17 heavy (non-hydrogen) atoms. The molecule has 1 heterocycles. The summed E-state index contributed by atoms with van der Waals surface area (Å²) in [7, 11) is 2.10. The lowest BCUT2D eigenvalue weighted by molar-refractivity contribution is 0.492. The first-order chi connectivity index (χ1) is 8.36. The van der Waals surface area contributed by atoms with E-state index in [4.69, 9.17) is 0 Å². The predicted octanol–water partition coefficient (Wildman–Crippen LogP) is 3.83. The molecule has 3 rings (SSSR count). The Labute approximate surface area is 107 Å². The molecule has 90 valence electrons. The highest BCUT2D eigenvalue weighted by molar-refractivity contribution is 7.17. The Morgan fingerprint density at radius 2 is 2.18 bits per heavy atom. The summed E-state index contributed by atoms with van der Waals surface area (Å²) in [6.45, 7) is 0. The molecule has 1 N–H and O–H groups in total. The zero-order chi connectivity index (χ0) is 11.7. The van der Waals surface area contributed by atoms with Gasteiger partial charge in [-0.05, 0) is 48.2 Å². The van der Waals surface area contributed by atoms with Gasteiger partial charge < -0.3 is 5.32 Å². The van der Waals surface area contributed by atoms with Crippen molar-refractivity contribution in [2.24, 2.45) is 5.92 Å². The molecule has 2 heteroatoms. The van der Waals surface area contributed by atoms with Crippen molar-refractivity contribution in [3.8, 4) is 0 Å². The van der Waals surface area contributed by atoms with E-state index >= 15 is 0 Å². The number of hydrogen-bond acceptors (Lipinski definition) is 2. The van der Waals surface area contributed by atoms with Gasteiger partial charge in [-0.3, -0.25) is 0 Å². The van der Waals surface area contributed by atoms with Crippen LogP contribution in [0.3, 0.4) is 0 Å². The van der Waals surface area contributed by atoms with Gasteiger partial charge in [0.15, 0.2) is 0 Å². The van der Waals surface area contributed by atoms with Gasteiger partial charge in [-0.15, -0.1) is 11.3 Å². The molecule has 0 aliphatic heterocycles. The molecule has 0 amide bonds. The number of likely N-dealkylation sites (N-methyl/N-ethyl adjacent to an activating group) is 1. The molecular weight excluding hydrogens is 226 g/mol. The third kappa shape index (κ3) is 2.53. The van der Waals surface area contributed by atoms with Gasteiger partial charge in [-0.25, -0.2) is 0 Å². The second kappa shape index (κ2) is 4.79. The lowest BCUT2D eigenvalue weighted by Gasteiger charge is -2.15. The third-order valence-corrected chi connectivity index (χ3v) is 4.76. The van der Waals surface area contributed by atoms with Gasteiger partial charge in [0.2, 0.25) is 0 Å². The molecule has 2 aromatic rings. The van der Waals surface area contributed by atoms with E-state index in [1.807, 2.05) is 11.3 Å².